The van der Waals surface area contributed by atoms with Gasteiger partial charge in [-0.3, -0.25) is 9.89 Å². The van der Waals surface area contributed by atoms with Gasteiger partial charge >= 0.3 is 0 Å². The molecule has 0 spiro atoms. The first kappa shape index (κ1) is 12.9. The topological polar surface area (TPSA) is 78.2 Å². The number of carbonyl (C=O) groups is 1. The van der Waals surface area contributed by atoms with E-state index < -0.39 is 0 Å². The van der Waals surface area contributed by atoms with Crippen molar-refractivity contribution in [3.63, 3.8) is 0 Å². The van der Waals surface area contributed by atoms with Crippen LogP contribution in [-0.4, -0.2) is 59.1 Å². The average Bonchev–Trinajstić information content (AvgIpc) is 2.69. The Labute approximate surface area is 107 Å². The summed E-state index contributed by atoms with van der Waals surface area (Å²) in [5.74, 6) is -0.0913. The van der Waals surface area contributed by atoms with Crippen LogP contribution in [0.4, 0.5) is 5.69 Å². The van der Waals surface area contributed by atoms with Crippen LogP contribution in [0.3, 0.4) is 0 Å². The fourth-order valence-corrected chi connectivity index (χ4v) is 2.32. The number of aromatic nitrogens is 2. The molecular weight excluding hydrogens is 230 g/mol. The maximum absolute atomic E-state index is 12.3. The molecule has 1 fully saturated rings. The van der Waals surface area contributed by atoms with E-state index in [9.17, 15) is 4.79 Å². The SMILES string of the molecule is Cc1[nH]nc(C(=O)N(C)C2CCN(C)CC2)c1N. The highest BCUT2D eigenvalue weighted by molar-refractivity contribution is 5.97. The molecule has 0 bridgehead atoms. The van der Waals surface area contributed by atoms with Crippen LogP contribution in [0.15, 0.2) is 0 Å². The van der Waals surface area contributed by atoms with Gasteiger partial charge in [-0.25, -0.2) is 0 Å². The van der Waals surface area contributed by atoms with Crippen LogP contribution in [0.2, 0.25) is 0 Å². The van der Waals surface area contributed by atoms with Gasteiger partial charge in [0.1, 0.15) is 0 Å². The molecular formula is C12H21N5O. The number of aryl methyl sites for hydroxylation is 1. The van der Waals surface area contributed by atoms with Crippen LogP contribution in [0.25, 0.3) is 0 Å². The number of aromatic amines is 1. The van der Waals surface area contributed by atoms with Gasteiger partial charge in [-0.05, 0) is 39.9 Å². The van der Waals surface area contributed by atoms with Gasteiger partial charge in [-0.1, -0.05) is 0 Å². The van der Waals surface area contributed by atoms with Crippen LogP contribution in [0.1, 0.15) is 29.0 Å². The molecule has 6 heteroatoms. The number of nitrogens with zero attached hydrogens (tertiary/aromatic N) is 3. The lowest BCUT2D eigenvalue weighted by atomic mass is 10.0. The molecule has 0 atom stereocenters. The van der Waals surface area contributed by atoms with Crippen LogP contribution in [0, 0.1) is 6.92 Å². The second kappa shape index (κ2) is 4.97. The van der Waals surface area contributed by atoms with Crippen molar-refractivity contribution in [2.45, 2.75) is 25.8 Å². The third kappa shape index (κ3) is 2.33. The van der Waals surface area contributed by atoms with E-state index in [1.807, 2.05) is 14.0 Å². The van der Waals surface area contributed by atoms with Crippen molar-refractivity contribution in [1.29, 1.82) is 0 Å². The monoisotopic (exact) mass is 251 g/mol. The fourth-order valence-electron chi connectivity index (χ4n) is 2.32. The number of anilines is 1. The van der Waals surface area contributed by atoms with Crippen molar-refractivity contribution >= 4 is 11.6 Å². The van der Waals surface area contributed by atoms with Crippen molar-refractivity contribution in [3.8, 4) is 0 Å². The minimum atomic E-state index is -0.0913. The van der Waals surface area contributed by atoms with E-state index in [0.29, 0.717) is 11.4 Å². The number of H-pyrrole nitrogens is 1. The average molecular weight is 251 g/mol. The first-order chi connectivity index (χ1) is 8.50. The van der Waals surface area contributed by atoms with Crippen molar-refractivity contribution in [2.24, 2.45) is 0 Å². The summed E-state index contributed by atoms with van der Waals surface area (Å²) >= 11 is 0. The molecule has 6 nitrogen and oxygen atoms in total. The van der Waals surface area contributed by atoms with Crippen molar-refractivity contribution < 1.29 is 4.79 Å². The Balaban J connectivity index is 2.07. The third-order valence-corrected chi connectivity index (χ3v) is 3.75. The van der Waals surface area contributed by atoms with Gasteiger partial charge in [0.05, 0.1) is 11.4 Å². The van der Waals surface area contributed by atoms with Gasteiger partial charge in [-0.2, -0.15) is 5.10 Å². The molecule has 2 rings (SSSR count). The van der Waals surface area contributed by atoms with Gasteiger partial charge in [0.2, 0.25) is 0 Å². The van der Waals surface area contributed by atoms with E-state index in [2.05, 4.69) is 22.1 Å². The highest BCUT2D eigenvalue weighted by Gasteiger charge is 2.27. The lowest BCUT2D eigenvalue weighted by Crippen LogP contribution is -2.44. The minimum Gasteiger partial charge on any atom is -0.395 e. The van der Waals surface area contributed by atoms with Crippen LogP contribution < -0.4 is 5.73 Å². The van der Waals surface area contributed by atoms with Crippen LogP contribution in [-0.2, 0) is 0 Å². The number of piperidine rings is 1. The minimum absolute atomic E-state index is 0.0913. The first-order valence-electron chi connectivity index (χ1n) is 6.27. The molecule has 1 aliphatic heterocycles. The number of hydrogen-bond acceptors (Lipinski definition) is 4. The highest BCUT2D eigenvalue weighted by atomic mass is 16.2. The van der Waals surface area contributed by atoms with E-state index in [1.54, 1.807) is 4.90 Å². The maximum atomic E-state index is 12.3. The Morgan fingerprint density at radius 3 is 2.61 bits per heavy atom. The number of hydrogen-bond donors (Lipinski definition) is 2. The number of likely N-dealkylation sites (tertiary alicyclic amines) is 1. The molecule has 0 saturated carbocycles. The summed E-state index contributed by atoms with van der Waals surface area (Å²) in [6, 6.07) is 0.283. The molecule has 1 aliphatic rings. The summed E-state index contributed by atoms with van der Waals surface area (Å²) in [5.41, 5.74) is 7.39. The molecule has 1 amide bonds. The number of nitrogen functional groups attached to an aromatic ring is 1. The second-order valence-electron chi connectivity index (χ2n) is 5.06. The smallest absolute Gasteiger partial charge is 0.276 e. The van der Waals surface area contributed by atoms with E-state index >= 15 is 0 Å². The Morgan fingerprint density at radius 1 is 1.50 bits per heavy atom. The lowest BCUT2D eigenvalue weighted by Gasteiger charge is -2.34. The molecule has 3 N–H and O–H groups in total. The van der Waals surface area contributed by atoms with Gasteiger partial charge in [0.25, 0.3) is 5.91 Å². The van der Waals surface area contributed by atoms with Crippen LogP contribution >= 0.6 is 0 Å². The van der Waals surface area contributed by atoms with Crippen molar-refractivity contribution in [1.82, 2.24) is 20.0 Å². The van der Waals surface area contributed by atoms with E-state index in [1.165, 1.54) is 0 Å². The second-order valence-corrected chi connectivity index (χ2v) is 5.06. The summed E-state index contributed by atoms with van der Waals surface area (Å²) in [7, 11) is 3.94. The molecule has 0 aliphatic carbocycles. The zero-order chi connectivity index (χ0) is 13.3. The number of amides is 1. The number of carbonyl (C=O) groups excluding carboxylic acids is 1. The molecule has 0 radical (unpaired) electrons. The predicted octanol–water partition coefficient (Wildman–Crippen LogP) is 0.467. The highest BCUT2D eigenvalue weighted by Crippen LogP contribution is 2.19. The zero-order valence-electron chi connectivity index (χ0n) is 11.2. The molecule has 2 heterocycles. The van der Waals surface area contributed by atoms with Gasteiger partial charge < -0.3 is 15.5 Å². The summed E-state index contributed by atoms with van der Waals surface area (Å²) in [5, 5.41) is 6.75. The summed E-state index contributed by atoms with van der Waals surface area (Å²) < 4.78 is 0. The third-order valence-electron chi connectivity index (χ3n) is 3.75. The molecule has 1 saturated heterocycles. The van der Waals surface area contributed by atoms with Gasteiger partial charge in [0.15, 0.2) is 5.69 Å². The van der Waals surface area contributed by atoms with E-state index in [-0.39, 0.29) is 11.9 Å². The Hall–Kier alpha value is -1.56. The molecule has 100 valence electrons. The molecule has 0 aromatic carbocycles. The molecule has 1 aromatic heterocycles. The van der Waals surface area contributed by atoms with Crippen LogP contribution in [0.5, 0.6) is 0 Å². The number of rotatable bonds is 2. The Bertz CT molecular complexity index is 434. The van der Waals surface area contributed by atoms with E-state index in [4.69, 9.17) is 5.73 Å². The number of nitrogens with two attached hydrogens (primary N) is 1. The predicted molar refractivity (Wildman–Crippen MR) is 70.3 cm³/mol. The molecule has 18 heavy (non-hydrogen) atoms. The summed E-state index contributed by atoms with van der Waals surface area (Å²) in [6.07, 6.45) is 2.00. The summed E-state index contributed by atoms with van der Waals surface area (Å²) in [6.45, 7) is 3.86. The zero-order valence-corrected chi connectivity index (χ0v) is 11.2. The maximum Gasteiger partial charge on any atom is 0.276 e. The molecule has 1 aromatic rings. The quantitative estimate of drug-likeness (QED) is 0.800. The van der Waals surface area contributed by atoms with Crippen molar-refractivity contribution in [3.05, 3.63) is 11.4 Å². The van der Waals surface area contributed by atoms with Gasteiger partial charge in [0, 0.05) is 13.1 Å². The van der Waals surface area contributed by atoms with Gasteiger partial charge in [-0.15, -0.1) is 0 Å². The largest absolute Gasteiger partial charge is 0.395 e. The standard InChI is InChI=1S/C12H21N5O/c1-8-10(13)11(15-14-8)12(18)17(3)9-4-6-16(2)7-5-9/h9H,4-7,13H2,1-3H3,(H,14,15). The first-order valence-corrected chi connectivity index (χ1v) is 6.27. The Morgan fingerprint density at radius 2 is 2.11 bits per heavy atom. The Kier molecular flexibility index (Phi) is 3.56. The summed E-state index contributed by atoms with van der Waals surface area (Å²) in [4.78, 5) is 16.4. The van der Waals surface area contributed by atoms with E-state index in [0.717, 1.165) is 31.6 Å². The van der Waals surface area contributed by atoms with Crippen molar-refractivity contribution in [2.75, 3.05) is 32.9 Å². The number of nitrogens with one attached hydrogen (secondary N) is 1. The fraction of sp³-hybridized carbons (Fsp3) is 0.667. The lowest BCUT2D eigenvalue weighted by molar-refractivity contribution is 0.0655. The normalized spacial score (nSPS) is 17.9. The molecule has 0 unspecified atom stereocenters.